The molecule has 0 radical (unpaired) electrons. The molecule has 0 atom stereocenters. The van der Waals surface area contributed by atoms with E-state index in [1.165, 1.54) is 6.07 Å². The van der Waals surface area contributed by atoms with Crippen LogP contribution in [0.4, 0.5) is 16.2 Å². The zero-order valence-corrected chi connectivity index (χ0v) is 15.3. The van der Waals surface area contributed by atoms with Gasteiger partial charge in [0.2, 0.25) is 0 Å². The first kappa shape index (κ1) is 18.2. The zero-order chi connectivity index (χ0) is 18.6. The Balaban J connectivity index is 1.76. The quantitative estimate of drug-likeness (QED) is 0.758. The Bertz CT molecular complexity index is 885. The Kier molecular flexibility index (Phi) is 5.43. The molecule has 0 saturated heterocycles. The highest BCUT2D eigenvalue weighted by Crippen LogP contribution is 2.30. The zero-order valence-electron chi connectivity index (χ0n) is 14.4. The molecule has 0 saturated carbocycles. The standard InChI is InChI=1S/C18H21N3O4S/c1-25-12-10-19-18(22)21-11-9-14-13-16(7-8-17(14)21)26(23,24)20-15-5-3-2-4-6-15/h2-8,13,20H,9-12H2,1H3,(H,19,22). The molecule has 0 aromatic heterocycles. The minimum Gasteiger partial charge on any atom is -0.383 e. The van der Waals surface area contributed by atoms with Crippen molar-refractivity contribution in [1.29, 1.82) is 0 Å². The van der Waals surface area contributed by atoms with E-state index in [1.54, 1.807) is 48.4 Å². The number of sulfonamides is 1. The first-order chi connectivity index (χ1) is 12.5. The Labute approximate surface area is 153 Å². The fourth-order valence-electron chi connectivity index (χ4n) is 2.83. The van der Waals surface area contributed by atoms with E-state index in [9.17, 15) is 13.2 Å². The molecule has 3 rings (SSSR count). The number of anilines is 2. The van der Waals surface area contributed by atoms with Gasteiger partial charge in [-0.2, -0.15) is 0 Å². The highest BCUT2D eigenvalue weighted by molar-refractivity contribution is 7.92. The molecule has 0 bridgehead atoms. The summed E-state index contributed by atoms with van der Waals surface area (Å²) < 4.78 is 32.6. The van der Waals surface area contributed by atoms with Crippen LogP contribution in [0.3, 0.4) is 0 Å². The molecule has 1 aliphatic rings. The summed E-state index contributed by atoms with van der Waals surface area (Å²) in [6.07, 6.45) is 0.613. The van der Waals surface area contributed by atoms with Crippen LogP contribution in [0.25, 0.3) is 0 Å². The van der Waals surface area contributed by atoms with E-state index in [0.29, 0.717) is 31.8 Å². The number of ether oxygens (including phenoxy) is 1. The van der Waals surface area contributed by atoms with Crippen molar-refractivity contribution in [2.75, 3.05) is 36.4 Å². The molecule has 2 amide bonds. The minimum atomic E-state index is -3.68. The number of carbonyl (C=O) groups is 1. The lowest BCUT2D eigenvalue weighted by Gasteiger charge is -2.18. The van der Waals surface area contributed by atoms with Gasteiger partial charge in [-0.3, -0.25) is 9.62 Å². The van der Waals surface area contributed by atoms with Crippen LogP contribution in [-0.4, -0.2) is 41.3 Å². The van der Waals surface area contributed by atoms with Crippen molar-refractivity contribution in [2.24, 2.45) is 0 Å². The number of benzene rings is 2. The Morgan fingerprint density at radius 2 is 1.96 bits per heavy atom. The molecule has 8 heteroatoms. The van der Waals surface area contributed by atoms with Crippen LogP contribution < -0.4 is 14.9 Å². The second-order valence-electron chi connectivity index (χ2n) is 5.89. The van der Waals surface area contributed by atoms with Crippen LogP contribution in [-0.2, 0) is 21.2 Å². The summed E-state index contributed by atoms with van der Waals surface area (Å²) in [6, 6.07) is 13.3. The molecule has 0 aliphatic carbocycles. The molecule has 2 aromatic carbocycles. The lowest BCUT2D eigenvalue weighted by atomic mass is 10.2. The number of methoxy groups -OCH3 is 1. The van der Waals surface area contributed by atoms with Crippen LogP contribution in [0.1, 0.15) is 5.56 Å². The number of urea groups is 1. The smallest absolute Gasteiger partial charge is 0.321 e. The molecule has 0 unspecified atom stereocenters. The van der Waals surface area contributed by atoms with Crippen LogP contribution >= 0.6 is 0 Å². The van der Waals surface area contributed by atoms with E-state index < -0.39 is 10.0 Å². The Morgan fingerprint density at radius 1 is 1.19 bits per heavy atom. The second kappa shape index (κ2) is 7.76. The molecular formula is C18H21N3O4S. The van der Waals surface area contributed by atoms with Gasteiger partial charge >= 0.3 is 6.03 Å². The van der Waals surface area contributed by atoms with Crippen molar-refractivity contribution >= 4 is 27.4 Å². The molecule has 26 heavy (non-hydrogen) atoms. The fraction of sp³-hybridized carbons (Fsp3) is 0.278. The van der Waals surface area contributed by atoms with E-state index in [2.05, 4.69) is 10.0 Å². The average molecular weight is 375 g/mol. The van der Waals surface area contributed by atoms with Crippen molar-refractivity contribution in [3.05, 3.63) is 54.1 Å². The molecule has 0 spiro atoms. The summed E-state index contributed by atoms with van der Waals surface area (Å²) in [5.74, 6) is 0. The number of nitrogens with one attached hydrogen (secondary N) is 2. The minimum absolute atomic E-state index is 0.182. The van der Waals surface area contributed by atoms with Crippen LogP contribution in [0.5, 0.6) is 0 Å². The summed E-state index contributed by atoms with van der Waals surface area (Å²) in [6.45, 7) is 1.38. The molecule has 138 valence electrons. The van der Waals surface area contributed by atoms with Gasteiger partial charge in [0.15, 0.2) is 0 Å². The predicted octanol–water partition coefficient (Wildman–Crippen LogP) is 2.21. The van der Waals surface area contributed by atoms with Crippen LogP contribution in [0, 0.1) is 0 Å². The van der Waals surface area contributed by atoms with Crippen molar-refractivity contribution in [3.8, 4) is 0 Å². The maximum atomic E-state index is 12.6. The van der Waals surface area contributed by atoms with Crippen molar-refractivity contribution in [1.82, 2.24) is 5.32 Å². The van der Waals surface area contributed by atoms with Gasteiger partial charge in [-0.25, -0.2) is 13.2 Å². The molecule has 7 nitrogen and oxygen atoms in total. The first-order valence-corrected chi connectivity index (χ1v) is 9.75. The van der Waals surface area contributed by atoms with Crippen molar-refractivity contribution < 1.29 is 17.9 Å². The normalized spacial score (nSPS) is 13.3. The van der Waals surface area contributed by atoms with Gasteiger partial charge in [-0.1, -0.05) is 18.2 Å². The number of fused-ring (bicyclic) bond motifs is 1. The summed E-state index contributed by atoms with van der Waals surface area (Å²) in [4.78, 5) is 14.0. The Hall–Kier alpha value is -2.58. The molecule has 1 aliphatic heterocycles. The molecule has 2 aromatic rings. The van der Waals surface area contributed by atoms with Gasteiger partial charge < -0.3 is 10.1 Å². The van der Waals surface area contributed by atoms with Gasteiger partial charge in [0.1, 0.15) is 0 Å². The van der Waals surface area contributed by atoms with E-state index in [0.717, 1.165) is 11.3 Å². The predicted molar refractivity (Wildman–Crippen MR) is 100 cm³/mol. The van der Waals surface area contributed by atoms with Crippen LogP contribution in [0.15, 0.2) is 53.4 Å². The third-order valence-electron chi connectivity index (χ3n) is 4.11. The van der Waals surface area contributed by atoms with E-state index in [-0.39, 0.29) is 10.9 Å². The average Bonchev–Trinajstić information content (AvgIpc) is 3.05. The second-order valence-corrected chi connectivity index (χ2v) is 7.57. The highest BCUT2D eigenvalue weighted by Gasteiger charge is 2.26. The number of hydrogen-bond donors (Lipinski definition) is 2. The number of amides is 2. The van der Waals surface area contributed by atoms with Gasteiger partial charge in [0, 0.05) is 31.6 Å². The monoisotopic (exact) mass is 375 g/mol. The SMILES string of the molecule is COCCNC(=O)N1CCc2cc(S(=O)(=O)Nc3ccccc3)ccc21. The van der Waals surface area contributed by atoms with E-state index in [4.69, 9.17) is 4.74 Å². The maximum Gasteiger partial charge on any atom is 0.321 e. The maximum absolute atomic E-state index is 12.6. The molecule has 0 fully saturated rings. The van der Waals surface area contributed by atoms with Crippen molar-refractivity contribution in [3.63, 3.8) is 0 Å². The number of rotatable bonds is 6. The lowest BCUT2D eigenvalue weighted by Crippen LogP contribution is -2.40. The topological polar surface area (TPSA) is 87.7 Å². The van der Waals surface area contributed by atoms with E-state index >= 15 is 0 Å². The summed E-state index contributed by atoms with van der Waals surface area (Å²) in [7, 11) is -2.10. The lowest BCUT2D eigenvalue weighted by molar-refractivity contribution is 0.197. The molecular weight excluding hydrogens is 354 g/mol. The third-order valence-corrected chi connectivity index (χ3v) is 5.49. The Morgan fingerprint density at radius 3 is 2.69 bits per heavy atom. The number of hydrogen-bond acceptors (Lipinski definition) is 4. The fourth-order valence-corrected chi connectivity index (χ4v) is 3.94. The van der Waals surface area contributed by atoms with Gasteiger partial charge in [-0.05, 0) is 42.3 Å². The van der Waals surface area contributed by atoms with Gasteiger partial charge in [0.05, 0.1) is 11.5 Å². The summed E-state index contributed by atoms with van der Waals surface area (Å²) >= 11 is 0. The van der Waals surface area contributed by atoms with E-state index in [1.807, 2.05) is 6.07 Å². The first-order valence-electron chi connectivity index (χ1n) is 8.26. The van der Waals surface area contributed by atoms with Crippen LogP contribution in [0.2, 0.25) is 0 Å². The summed E-state index contributed by atoms with van der Waals surface area (Å²) in [5, 5.41) is 2.78. The highest BCUT2D eigenvalue weighted by atomic mass is 32.2. The summed E-state index contributed by atoms with van der Waals surface area (Å²) in [5.41, 5.74) is 2.08. The number of nitrogens with zero attached hydrogens (tertiary/aromatic N) is 1. The number of carbonyl (C=O) groups excluding carboxylic acids is 1. The van der Waals surface area contributed by atoms with Gasteiger partial charge in [0.25, 0.3) is 10.0 Å². The number of para-hydroxylation sites is 1. The molecule has 2 N–H and O–H groups in total. The van der Waals surface area contributed by atoms with Crippen molar-refractivity contribution in [2.45, 2.75) is 11.3 Å². The third kappa shape index (κ3) is 3.97. The largest absolute Gasteiger partial charge is 0.383 e. The van der Waals surface area contributed by atoms with Gasteiger partial charge in [-0.15, -0.1) is 0 Å². The molecule has 1 heterocycles.